The average molecular weight is 273 g/mol. The largest absolute Gasteiger partial charge is 0.481 e. The highest BCUT2D eigenvalue weighted by molar-refractivity contribution is 6.11. The molecule has 4 heteroatoms. The molecule has 0 radical (unpaired) electrons. The fraction of sp³-hybridized carbons (Fsp3) is 0.375. The van der Waals surface area contributed by atoms with Crippen LogP contribution in [0.15, 0.2) is 12.1 Å². The van der Waals surface area contributed by atoms with Crippen LogP contribution in [0.3, 0.4) is 0 Å². The number of carbonyl (C=O) groups is 2. The van der Waals surface area contributed by atoms with Crippen molar-refractivity contribution in [1.29, 1.82) is 0 Å². The third-order valence-corrected chi connectivity index (χ3v) is 3.78. The zero-order valence-electron chi connectivity index (χ0n) is 12.3. The molecule has 106 valence electrons. The summed E-state index contributed by atoms with van der Waals surface area (Å²) in [6.07, 6.45) is -0.0812. The van der Waals surface area contributed by atoms with Crippen molar-refractivity contribution in [3.63, 3.8) is 0 Å². The number of carboxylic acids is 1. The Labute approximate surface area is 118 Å². The second-order valence-electron chi connectivity index (χ2n) is 5.31. The van der Waals surface area contributed by atoms with Gasteiger partial charge in [-0.25, -0.2) is 0 Å². The van der Waals surface area contributed by atoms with Gasteiger partial charge in [0.1, 0.15) is 0 Å². The number of rotatable bonds is 4. The third kappa shape index (κ3) is 2.33. The molecule has 0 saturated heterocycles. The summed E-state index contributed by atoms with van der Waals surface area (Å²) in [6.45, 7) is 5.92. The van der Waals surface area contributed by atoms with Crippen molar-refractivity contribution in [1.82, 2.24) is 4.57 Å². The predicted molar refractivity (Wildman–Crippen MR) is 78.3 cm³/mol. The van der Waals surface area contributed by atoms with Crippen LogP contribution in [0.2, 0.25) is 0 Å². The van der Waals surface area contributed by atoms with Gasteiger partial charge in [-0.1, -0.05) is 6.07 Å². The van der Waals surface area contributed by atoms with Crippen molar-refractivity contribution in [2.45, 2.75) is 33.6 Å². The maximum Gasteiger partial charge on any atom is 0.303 e. The van der Waals surface area contributed by atoms with Gasteiger partial charge in [0.2, 0.25) is 0 Å². The van der Waals surface area contributed by atoms with E-state index >= 15 is 0 Å². The van der Waals surface area contributed by atoms with Crippen LogP contribution in [-0.4, -0.2) is 21.4 Å². The minimum Gasteiger partial charge on any atom is -0.481 e. The number of benzene rings is 1. The van der Waals surface area contributed by atoms with Crippen molar-refractivity contribution in [3.05, 3.63) is 34.5 Å². The maximum absolute atomic E-state index is 12.4. The molecule has 0 amide bonds. The number of aryl methyl sites for hydroxylation is 3. The Hall–Kier alpha value is -2.10. The van der Waals surface area contributed by atoms with E-state index in [1.807, 2.05) is 32.4 Å². The minimum absolute atomic E-state index is 0.0442. The Morgan fingerprint density at radius 2 is 1.80 bits per heavy atom. The third-order valence-electron chi connectivity index (χ3n) is 3.78. The molecule has 0 bridgehead atoms. The molecule has 0 saturated carbocycles. The number of aromatic nitrogens is 1. The van der Waals surface area contributed by atoms with Crippen LogP contribution in [0.5, 0.6) is 0 Å². The first kappa shape index (κ1) is 14.3. The second kappa shape index (κ2) is 5.12. The fourth-order valence-electron chi connectivity index (χ4n) is 2.75. The summed E-state index contributed by atoms with van der Waals surface area (Å²) >= 11 is 0. The van der Waals surface area contributed by atoms with Crippen LogP contribution in [0.4, 0.5) is 0 Å². The van der Waals surface area contributed by atoms with E-state index in [0.717, 1.165) is 27.7 Å². The molecule has 0 aliphatic rings. The summed E-state index contributed by atoms with van der Waals surface area (Å²) < 4.78 is 2.00. The first-order valence-electron chi connectivity index (χ1n) is 6.64. The normalized spacial score (nSPS) is 11.0. The number of fused-ring (bicyclic) bond motifs is 1. The fourth-order valence-corrected chi connectivity index (χ4v) is 2.75. The minimum atomic E-state index is -0.941. The van der Waals surface area contributed by atoms with Gasteiger partial charge in [0.05, 0.1) is 6.42 Å². The van der Waals surface area contributed by atoms with E-state index in [4.69, 9.17) is 5.11 Å². The zero-order valence-corrected chi connectivity index (χ0v) is 12.3. The van der Waals surface area contributed by atoms with E-state index in [-0.39, 0.29) is 18.6 Å². The highest BCUT2D eigenvalue weighted by atomic mass is 16.4. The summed E-state index contributed by atoms with van der Waals surface area (Å²) in [7, 11) is 1.94. The van der Waals surface area contributed by atoms with Crippen molar-refractivity contribution >= 4 is 22.7 Å². The number of ketones is 1. The van der Waals surface area contributed by atoms with Crippen molar-refractivity contribution in [2.24, 2.45) is 7.05 Å². The van der Waals surface area contributed by atoms with Crippen molar-refractivity contribution < 1.29 is 14.7 Å². The maximum atomic E-state index is 12.4. The Bertz CT molecular complexity index is 710. The summed E-state index contributed by atoms with van der Waals surface area (Å²) in [5.41, 5.74) is 4.80. The van der Waals surface area contributed by atoms with Gasteiger partial charge in [-0.2, -0.15) is 0 Å². The van der Waals surface area contributed by atoms with Crippen molar-refractivity contribution in [3.8, 4) is 0 Å². The first-order valence-corrected chi connectivity index (χ1v) is 6.64. The molecule has 0 atom stereocenters. The highest BCUT2D eigenvalue weighted by Crippen LogP contribution is 2.30. The summed E-state index contributed by atoms with van der Waals surface area (Å²) in [5, 5.41) is 9.68. The molecule has 0 aliphatic heterocycles. The molecule has 0 spiro atoms. The number of hydrogen-bond acceptors (Lipinski definition) is 2. The molecule has 0 fully saturated rings. The lowest BCUT2D eigenvalue weighted by molar-refractivity contribution is -0.136. The van der Waals surface area contributed by atoms with Crippen LogP contribution in [0.1, 0.15) is 40.0 Å². The van der Waals surface area contributed by atoms with Gasteiger partial charge in [-0.3, -0.25) is 9.59 Å². The Morgan fingerprint density at radius 3 is 2.40 bits per heavy atom. The monoisotopic (exact) mass is 273 g/mol. The average Bonchev–Trinajstić information content (AvgIpc) is 2.60. The van der Waals surface area contributed by atoms with Gasteiger partial charge in [-0.15, -0.1) is 0 Å². The quantitative estimate of drug-likeness (QED) is 0.870. The number of hydrogen-bond donors (Lipinski definition) is 1. The van der Waals surface area contributed by atoms with E-state index < -0.39 is 5.97 Å². The summed E-state index contributed by atoms with van der Waals surface area (Å²) in [5.74, 6) is -1.04. The molecule has 2 rings (SSSR count). The van der Waals surface area contributed by atoms with Gasteiger partial charge in [0.15, 0.2) is 5.78 Å². The van der Waals surface area contributed by atoms with E-state index in [1.165, 1.54) is 0 Å². The summed E-state index contributed by atoms with van der Waals surface area (Å²) in [4.78, 5) is 23.0. The molecule has 20 heavy (non-hydrogen) atoms. The smallest absolute Gasteiger partial charge is 0.303 e. The molecule has 1 aromatic heterocycles. The standard InChI is InChI=1S/C16H19NO3/c1-9-7-10(2)15-12(8-9)17(4)11(3)16(15)13(18)5-6-14(19)20/h7-8H,5-6H2,1-4H3,(H,19,20). The van der Waals surface area contributed by atoms with Gasteiger partial charge in [-0.05, 0) is 38.0 Å². The van der Waals surface area contributed by atoms with E-state index in [2.05, 4.69) is 12.1 Å². The number of Topliss-reactive ketones (excluding diaryl/α,β-unsaturated/α-hetero) is 1. The van der Waals surface area contributed by atoms with E-state index in [0.29, 0.717) is 5.56 Å². The molecule has 0 unspecified atom stereocenters. The van der Waals surface area contributed by atoms with E-state index in [1.54, 1.807) is 0 Å². The van der Waals surface area contributed by atoms with Crippen LogP contribution in [0.25, 0.3) is 10.9 Å². The topological polar surface area (TPSA) is 59.3 Å². The van der Waals surface area contributed by atoms with Crippen LogP contribution in [-0.2, 0) is 11.8 Å². The summed E-state index contributed by atoms with van der Waals surface area (Å²) in [6, 6.07) is 4.11. The molecule has 0 aliphatic carbocycles. The van der Waals surface area contributed by atoms with E-state index in [9.17, 15) is 9.59 Å². The van der Waals surface area contributed by atoms with Gasteiger partial charge < -0.3 is 9.67 Å². The first-order chi connectivity index (χ1) is 9.32. The van der Waals surface area contributed by atoms with Crippen molar-refractivity contribution in [2.75, 3.05) is 0 Å². The number of aliphatic carboxylic acids is 1. The molecule has 1 aromatic carbocycles. The molecule has 1 heterocycles. The molecule has 4 nitrogen and oxygen atoms in total. The lowest BCUT2D eigenvalue weighted by Crippen LogP contribution is -2.05. The van der Waals surface area contributed by atoms with Crippen LogP contribution < -0.4 is 0 Å². The Balaban J connectivity index is 2.61. The lowest BCUT2D eigenvalue weighted by atomic mass is 9.99. The predicted octanol–water partition coefficient (Wildman–Crippen LogP) is 3.15. The van der Waals surface area contributed by atoms with Gasteiger partial charge >= 0.3 is 5.97 Å². The number of carboxylic acid groups (broad SMARTS) is 1. The van der Waals surface area contributed by atoms with Gasteiger partial charge in [0.25, 0.3) is 0 Å². The van der Waals surface area contributed by atoms with Crippen LogP contribution >= 0.6 is 0 Å². The SMILES string of the molecule is Cc1cc(C)c2c(C(=O)CCC(=O)O)c(C)n(C)c2c1. The Morgan fingerprint density at radius 1 is 1.15 bits per heavy atom. The molecule has 2 aromatic rings. The lowest BCUT2D eigenvalue weighted by Gasteiger charge is -2.03. The number of nitrogens with zero attached hydrogens (tertiary/aromatic N) is 1. The molecular weight excluding hydrogens is 254 g/mol. The van der Waals surface area contributed by atoms with Gasteiger partial charge in [0, 0.05) is 35.6 Å². The molecule has 1 N–H and O–H groups in total. The number of carbonyl (C=O) groups excluding carboxylic acids is 1. The Kier molecular flexibility index (Phi) is 3.66. The van der Waals surface area contributed by atoms with Crippen LogP contribution in [0, 0.1) is 20.8 Å². The second-order valence-corrected chi connectivity index (χ2v) is 5.31. The highest BCUT2D eigenvalue weighted by Gasteiger charge is 2.20. The zero-order chi connectivity index (χ0) is 15.0. The molecular formula is C16H19NO3.